The summed E-state index contributed by atoms with van der Waals surface area (Å²) in [7, 11) is 3.59. The minimum atomic E-state index is -0.350. The average Bonchev–Trinajstić information content (AvgIpc) is 3.13. The van der Waals surface area contributed by atoms with E-state index in [9.17, 15) is 9.18 Å². The second-order valence-electron chi connectivity index (χ2n) is 5.64. The van der Waals surface area contributed by atoms with Gasteiger partial charge in [0.2, 0.25) is 5.89 Å². The minimum absolute atomic E-state index is 0.134. The van der Waals surface area contributed by atoms with Crippen molar-refractivity contribution in [1.29, 1.82) is 0 Å². The van der Waals surface area contributed by atoms with E-state index in [2.05, 4.69) is 20.8 Å². The monoisotopic (exact) mass is 319 g/mol. The lowest BCUT2D eigenvalue weighted by Gasteiger charge is -2.14. The molecule has 1 unspecified atom stereocenters. The zero-order valence-electron chi connectivity index (χ0n) is 13.0. The van der Waals surface area contributed by atoms with E-state index in [4.69, 9.17) is 4.52 Å². The molecule has 1 aliphatic rings. The van der Waals surface area contributed by atoms with Gasteiger partial charge < -0.3 is 20.1 Å². The number of amides is 2. The van der Waals surface area contributed by atoms with Gasteiger partial charge in [0.1, 0.15) is 5.82 Å². The molecule has 0 aliphatic heterocycles. The van der Waals surface area contributed by atoms with E-state index in [1.807, 2.05) is 0 Å². The number of hydrogen-bond donors (Lipinski definition) is 2. The molecule has 122 valence electrons. The van der Waals surface area contributed by atoms with Crippen LogP contribution in [0.4, 0.5) is 15.1 Å². The molecule has 0 fully saturated rings. The Balaban J connectivity index is 1.55. The first-order valence-corrected chi connectivity index (χ1v) is 7.35. The van der Waals surface area contributed by atoms with E-state index < -0.39 is 0 Å². The zero-order valence-corrected chi connectivity index (χ0v) is 13.0. The van der Waals surface area contributed by atoms with Gasteiger partial charge in [0.05, 0.1) is 12.6 Å². The molecule has 2 N–H and O–H groups in total. The fraction of sp³-hybridized carbons (Fsp3) is 0.400. The first-order chi connectivity index (χ1) is 11.0. The SMILES string of the molecule is CN(C)c1noc(CNC(=O)NC2CCc3ccc(F)cc32)n1. The van der Waals surface area contributed by atoms with E-state index in [-0.39, 0.29) is 24.4 Å². The fourth-order valence-electron chi connectivity index (χ4n) is 2.59. The number of rotatable bonds is 4. The van der Waals surface area contributed by atoms with Crippen LogP contribution in [0, 0.1) is 5.82 Å². The summed E-state index contributed by atoms with van der Waals surface area (Å²) in [5.41, 5.74) is 1.91. The molecule has 0 radical (unpaired) electrons. The van der Waals surface area contributed by atoms with Crippen LogP contribution in [0.2, 0.25) is 0 Å². The molecule has 0 spiro atoms. The number of carbonyl (C=O) groups is 1. The standard InChI is InChI=1S/C15H18FN5O2/c1-21(2)14-19-13(23-20-14)8-17-15(22)18-12-6-4-9-3-5-10(16)7-11(9)12/h3,5,7,12H,4,6,8H2,1-2H3,(H2,17,18,22). The van der Waals surface area contributed by atoms with E-state index in [0.717, 1.165) is 24.0 Å². The third kappa shape index (κ3) is 3.41. The highest BCUT2D eigenvalue weighted by Gasteiger charge is 2.24. The quantitative estimate of drug-likeness (QED) is 0.897. The Kier molecular flexibility index (Phi) is 4.14. The Morgan fingerprint density at radius 1 is 1.48 bits per heavy atom. The lowest BCUT2D eigenvalue weighted by molar-refractivity contribution is 0.234. The largest absolute Gasteiger partial charge is 0.344 e. The summed E-state index contributed by atoms with van der Waals surface area (Å²) in [6.45, 7) is 0.134. The zero-order chi connectivity index (χ0) is 16.4. The highest BCUT2D eigenvalue weighted by Crippen LogP contribution is 2.31. The van der Waals surface area contributed by atoms with Gasteiger partial charge in [0, 0.05) is 14.1 Å². The summed E-state index contributed by atoms with van der Waals surface area (Å²) in [4.78, 5) is 17.8. The molecule has 1 heterocycles. The summed E-state index contributed by atoms with van der Waals surface area (Å²) < 4.78 is 18.4. The van der Waals surface area contributed by atoms with Crippen molar-refractivity contribution >= 4 is 12.0 Å². The molecule has 2 aromatic rings. The predicted molar refractivity (Wildman–Crippen MR) is 81.5 cm³/mol. The summed E-state index contributed by atoms with van der Waals surface area (Å²) in [5, 5.41) is 9.27. The van der Waals surface area contributed by atoms with Gasteiger partial charge in [-0.3, -0.25) is 0 Å². The van der Waals surface area contributed by atoms with Crippen molar-refractivity contribution < 1.29 is 13.7 Å². The molecule has 7 nitrogen and oxygen atoms in total. The first-order valence-electron chi connectivity index (χ1n) is 7.35. The number of hydrogen-bond acceptors (Lipinski definition) is 5. The number of urea groups is 1. The maximum atomic E-state index is 13.3. The maximum absolute atomic E-state index is 13.3. The van der Waals surface area contributed by atoms with Crippen molar-refractivity contribution in [2.45, 2.75) is 25.4 Å². The van der Waals surface area contributed by atoms with Crippen LogP contribution >= 0.6 is 0 Å². The van der Waals surface area contributed by atoms with Crippen LogP contribution in [0.25, 0.3) is 0 Å². The smallest absolute Gasteiger partial charge is 0.315 e. The molecule has 1 aliphatic carbocycles. The second kappa shape index (κ2) is 6.23. The topological polar surface area (TPSA) is 83.3 Å². The number of carbonyl (C=O) groups excluding carboxylic acids is 1. The van der Waals surface area contributed by atoms with Gasteiger partial charge in [-0.2, -0.15) is 4.98 Å². The molecular weight excluding hydrogens is 301 g/mol. The third-order valence-corrected chi connectivity index (χ3v) is 3.75. The molecule has 1 aromatic heterocycles. The Labute approximate surface area is 132 Å². The number of aromatic nitrogens is 2. The summed E-state index contributed by atoms with van der Waals surface area (Å²) in [5.74, 6) is 0.476. The van der Waals surface area contributed by atoms with Crippen LogP contribution < -0.4 is 15.5 Å². The van der Waals surface area contributed by atoms with Crippen LogP contribution in [0.15, 0.2) is 22.7 Å². The predicted octanol–water partition coefficient (Wildman–Crippen LogP) is 1.76. The summed E-state index contributed by atoms with van der Waals surface area (Å²) in [6.07, 6.45) is 1.59. The molecule has 0 bridgehead atoms. The molecule has 23 heavy (non-hydrogen) atoms. The van der Waals surface area contributed by atoms with Crippen LogP contribution in [0.3, 0.4) is 0 Å². The lowest BCUT2D eigenvalue weighted by atomic mass is 10.1. The van der Waals surface area contributed by atoms with Crippen LogP contribution in [-0.4, -0.2) is 30.3 Å². The molecule has 3 rings (SSSR count). The normalized spacial score (nSPS) is 16.0. The van der Waals surface area contributed by atoms with Gasteiger partial charge in [-0.15, -0.1) is 0 Å². The van der Waals surface area contributed by atoms with Gasteiger partial charge >= 0.3 is 6.03 Å². The molecular formula is C15H18FN5O2. The van der Waals surface area contributed by atoms with Crippen molar-refractivity contribution in [3.63, 3.8) is 0 Å². The van der Waals surface area contributed by atoms with Crippen LogP contribution in [-0.2, 0) is 13.0 Å². The Morgan fingerprint density at radius 2 is 2.30 bits per heavy atom. The van der Waals surface area contributed by atoms with Crippen molar-refractivity contribution in [2.75, 3.05) is 19.0 Å². The first kappa shape index (κ1) is 15.3. The molecule has 0 saturated heterocycles. The lowest BCUT2D eigenvalue weighted by Crippen LogP contribution is -2.37. The Bertz CT molecular complexity index is 716. The van der Waals surface area contributed by atoms with Gasteiger partial charge in [-0.05, 0) is 41.3 Å². The number of benzene rings is 1. The molecule has 1 atom stereocenters. The van der Waals surface area contributed by atoms with Crippen molar-refractivity contribution in [3.05, 3.63) is 41.0 Å². The Morgan fingerprint density at radius 3 is 3.04 bits per heavy atom. The average molecular weight is 319 g/mol. The molecule has 2 amide bonds. The number of nitrogens with one attached hydrogen (secondary N) is 2. The number of fused-ring (bicyclic) bond motifs is 1. The third-order valence-electron chi connectivity index (χ3n) is 3.75. The fourth-order valence-corrected chi connectivity index (χ4v) is 2.59. The van der Waals surface area contributed by atoms with E-state index in [1.54, 1.807) is 25.1 Å². The highest BCUT2D eigenvalue weighted by molar-refractivity contribution is 5.74. The van der Waals surface area contributed by atoms with Gasteiger partial charge in [0.25, 0.3) is 5.95 Å². The van der Waals surface area contributed by atoms with E-state index >= 15 is 0 Å². The van der Waals surface area contributed by atoms with Crippen LogP contribution in [0.5, 0.6) is 0 Å². The van der Waals surface area contributed by atoms with Crippen LogP contribution in [0.1, 0.15) is 29.5 Å². The van der Waals surface area contributed by atoms with Crippen molar-refractivity contribution in [1.82, 2.24) is 20.8 Å². The minimum Gasteiger partial charge on any atom is -0.344 e. The summed E-state index contributed by atoms with van der Waals surface area (Å²) in [6, 6.07) is 4.16. The molecule has 8 heteroatoms. The van der Waals surface area contributed by atoms with Gasteiger partial charge in [0.15, 0.2) is 0 Å². The number of anilines is 1. The van der Waals surface area contributed by atoms with Gasteiger partial charge in [-0.1, -0.05) is 6.07 Å². The number of halogens is 1. The summed E-state index contributed by atoms with van der Waals surface area (Å²) >= 11 is 0. The Hall–Kier alpha value is -2.64. The van der Waals surface area contributed by atoms with Crippen molar-refractivity contribution in [2.24, 2.45) is 0 Å². The molecule has 1 aromatic carbocycles. The van der Waals surface area contributed by atoms with E-state index in [1.165, 1.54) is 12.1 Å². The van der Waals surface area contributed by atoms with Crippen molar-refractivity contribution in [3.8, 4) is 0 Å². The maximum Gasteiger partial charge on any atom is 0.315 e. The second-order valence-corrected chi connectivity index (χ2v) is 5.64. The molecule has 0 saturated carbocycles. The highest BCUT2D eigenvalue weighted by atomic mass is 19.1. The number of nitrogens with zero attached hydrogens (tertiary/aromatic N) is 3. The van der Waals surface area contributed by atoms with Gasteiger partial charge in [-0.25, -0.2) is 9.18 Å². The van der Waals surface area contributed by atoms with E-state index in [0.29, 0.717) is 11.8 Å². The number of aryl methyl sites for hydroxylation is 1.